The van der Waals surface area contributed by atoms with Crippen LogP contribution >= 0.6 is 0 Å². The number of para-hydroxylation sites is 1. The smallest absolute Gasteiger partial charge is 0.119 e. The van der Waals surface area contributed by atoms with Gasteiger partial charge in [0.15, 0.2) is 0 Å². The number of β-amino-alcohol motifs (C(OH)–C–C–N with tert-alkyl or cyclic N) is 1. The SMILES string of the molecule is CC(C)c1ccc(CC(C)(C)NCC(O)COc2ccccc2)cc1. The molecule has 3 nitrogen and oxygen atoms in total. The molecule has 1 unspecified atom stereocenters. The lowest BCUT2D eigenvalue weighted by atomic mass is 9.93. The molecule has 0 bridgehead atoms. The summed E-state index contributed by atoms with van der Waals surface area (Å²) in [5, 5.41) is 13.6. The molecule has 0 amide bonds. The van der Waals surface area contributed by atoms with Gasteiger partial charge in [0.1, 0.15) is 18.5 Å². The normalized spacial score (nSPS) is 13.0. The van der Waals surface area contributed by atoms with E-state index in [1.54, 1.807) is 0 Å². The maximum absolute atomic E-state index is 10.1. The lowest BCUT2D eigenvalue weighted by molar-refractivity contribution is 0.0988. The summed E-state index contributed by atoms with van der Waals surface area (Å²) in [4.78, 5) is 0. The number of rotatable bonds is 9. The minimum atomic E-state index is -0.539. The van der Waals surface area contributed by atoms with E-state index in [1.807, 2.05) is 30.3 Å². The number of aliphatic hydroxyl groups excluding tert-OH is 1. The molecule has 25 heavy (non-hydrogen) atoms. The van der Waals surface area contributed by atoms with Gasteiger partial charge in [0.25, 0.3) is 0 Å². The van der Waals surface area contributed by atoms with E-state index in [2.05, 4.69) is 57.3 Å². The van der Waals surface area contributed by atoms with Crippen molar-refractivity contribution in [1.29, 1.82) is 0 Å². The molecule has 0 aliphatic rings. The molecule has 2 N–H and O–H groups in total. The van der Waals surface area contributed by atoms with Gasteiger partial charge in [-0.05, 0) is 49.4 Å². The Morgan fingerprint density at radius 2 is 1.64 bits per heavy atom. The maximum atomic E-state index is 10.1. The molecule has 0 saturated heterocycles. The van der Waals surface area contributed by atoms with Crippen molar-refractivity contribution in [3.8, 4) is 5.75 Å². The third kappa shape index (κ3) is 6.89. The molecule has 136 valence electrons. The summed E-state index contributed by atoms with van der Waals surface area (Å²) in [5.74, 6) is 1.34. The van der Waals surface area contributed by atoms with Gasteiger partial charge >= 0.3 is 0 Å². The van der Waals surface area contributed by atoms with Crippen LogP contribution in [-0.4, -0.2) is 29.9 Å². The zero-order chi connectivity index (χ0) is 18.3. The lowest BCUT2D eigenvalue weighted by Crippen LogP contribution is -2.46. The largest absolute Gasteiger partial charge is 0.491 e. The molecule has 0 aliphatic carbocycles. The Morgan fingerprint density at radius 1 is 1.00 bits per heavy atom. The summed E-state index contributed by atoms with van der Waals surface area (Å²) >= 11 is 0. The highest BCUT2D eigenvalue weighted by molar-refractivity contribution is 5.26. The Hall–Kier alpha value is -1.84. The standard InChI is InChI=1S/C22H31NO2/c1-17(2)19-12-10-18(11-13-19)14-22(3,4)23-15-20(24)16-25-21-8-6-5-7-9-21/h5-13,17,20,23-24H,14-16H2,1-4H3. The van der Waals surface area contributed by atoms with Gasteiger partial charge in [-0.15, -0.1) is 0 Å². The monoisotopic (exact) mass is 341 g/mol. The van der Waals surface area contributed by atoms with Crippen LogP contribution in [0.15, 0.2) is 54.6 Å². The zero-order valence-electron chi connectivity index (χ0n) is 15.8. The Kier molecular flexibility index (Phi) is 7.03. The van der Waals surface area contributed by atoms with Crippen molar-refractivity contribution in [3.63, 3.8) is 0 Å². The molecule has 3 heteroatoms. The van der Waals surface area contributed by atoms with Gasteiger partial charge in [0, 0.05) is 12.1 Å². The molecular formula is C22H31NO2. The van der Waals surface area contributed by atoms with E-state index in [9.17, 15) is 5.11 Å². The first-order valence-electron chi connectivity index (χ1n) is 9.05. The Balaban J connectivity index is 1.77. The van der Waals surface area contributed by atoms with Crippen LogP contribution in [0.3, 0.4) is 0 Å². The summed E-state index contributed by atoms with van der Waals surface area (Å²) in [6.07, 6.45) is 0.375. The first-order valence-corrected chi connectivity index (χ1v) is 9.05. The van der Waals surface area contributed by atoms with Crippen LogP contribution in [-0.2, 0) is 6.42 Å². The highest BCUT2D eigenvalue weighted by atomic mass is 16.5. The second kappa shape index (κ2) is 9.02. The molecule has 0 spiro atoms. The van der Waals surface area contributed by atoms with Gasteiger partial charge in [-0.3, -0.25) is 0 Å². The van der Waals surface area contributed by atoms with Crippen LogP contribution in [0.5, 0.6) is 5.75 Å². The fourth-order valence-corrected chi connectivity index (χ4v) is 2.76. The van der Waals surface area contributed by atoms with Crippen LogP contribution in [0.4, 0.5) is 0 Å². The third-order valence-corrected chi connectivity index (χ3v) is 4.29. The highest BCUT2D eigenvalue weighted by Crippen LogP contribution is 2.18. The average molecular weight is 341 g/mol. The molecule has 0 radical (unpaired) electrons. The van der Waals surface area contributed by atoms with Crippen LogP contribution in [0.2, 0.25) is 0 Å². The molecule has 0 aromatic heterocycles. The lowest BCUT2D eigenvalue weighted by Gasteiger charge is -2.28. The molecule has 1 atom stereocenters. The number of benzene rings is 2. The van der Waals surface area contributed by atoms with Crippen molar-refractivity contribution in [3.05, 3.63) is 65.7 Å². The molecule has 0 saturated carbocycles. The second-order valence-electron chi connectivity index (χ2n) is 7.62. The fraction of sp³-hybridized carbons (Fsp3) is 0.455. The van der Waals surface area contributed by atoms with E-state index < -0.39 is 6.10 Å². The number of hydrogen-bond acceptors (Lipinski definition) is 3. The minimum Gasteiger partial charge on any atom is -0.491 e. The highest BCUT2D eigenvalue weighted by Gasteiger charge is 2.19. The van der Waals surface area contributed by atoms with Crippen LogP contribution < -0.4 is 10.1 Å². The quantitative estimate of drug-likeness (QED) is 0.719. The van der Waals surface area contributed by atoms with Crippen LogP contribution in [0, 0.1) is 0 Å². The summed E-state index contributed by atoms with van der Waals surface area (Å²) in [6, 6.07) is 18.4. The number of aliphatic hydroxyl groups is 1. The summed E-state index contributed by atoms with van der Waals surface area (Å²) in [5.41, 5.74) is 2.58. The van der Waals surface area contributed by atoms with Crippen LogP contribution in [0.1, 0.15) is 44.7 Å². The predicted molar refractivity (Wildman–Crippen MR) is 104 cm³/mol. The molecule has 2 aromatic carbocycles. The van der Waals surface area contributed by atoms with Crippen molar-refractivity contribution >= 4 is 0 Å². The van der Waals surface area contributed by atoms with Crippen molar-refractivity contribution in [2.75, 3.05) is 13.2 Å². The fourth-order valence-electron chi connectivity index (χ4n) is 2.76. The Bertz CT molecular complexity index is 620. The average Bonchev–Trinajstić information content (AvgIpc) is 2.59. The molecular weight excluding hydrogens is 310 g/mol. The van der Waals surface area contributed by atoms with Crippen molar-refractivity contribution < 1.29 is 9.84 Å². The third-order valence-electron chi connectivity index (χ3n) is 4.29. The van der Waals surface area contributed by atoms with E-state index in [4.69, 9.17) is 4.74 Å². The molecule has 2 aromatic rings. The van der Waals surface area contributed by atoms with E-state index in [0.29, 0.717) is 12.5 Å². The van der Waals surface area contributed by atoms with Gasteiger partial charge in [0.05, 0.1) is 0 Å². The van der Waals surface area contributed by atoms with Crippen LogP contribution in [0.25, 0.3) is 0 Å². The number of ether oxygens (including phenoxy) is 1. The van der Waals surface area contributed by atoms with Gasteiger partial charge < -0.3 is 15.2 Å². The van der Waals surface area contributed by atoms with Gasteiger partial charge in [0.2, 0.25) is 0 Å². The molecule has 0 aliphatic heterocycles. The van der Waals surface area contributed by atoms with Gasteiger partial charge in [-0.1, -0.05) is 56.3 Å². The van der Waals surface area contributed by atoms with Crippen molar-refractivity contribution in [1.82, 2.24) is 5.32 Å². The Labute approximate surface area is 152 Å². The Morgan fingerprint density at radius 3 is 2.24 bits per heavy atom. The second-order valence-corrected chi connectivity index (χ2v) is 7.62. The molecule has 0 fully saturated rings. The summed E-state index contributed by atoms with van der Waals surface area (Å²) < 4.78 is 5.60. The summed E-state index contributed by atoms with van der Waals surface area (Å²) in [7, 11) is 0. The minimum absolute atomic E-state index is 0.0902. The van der Waals surface area contributed by atoms with Gasteiger partial charge in [-0.2, -0.15) is 0 Å². The summed E-state index contributed by atoms with van der Waals surface area (Å²) in [6.45, 7) is 9.53. The van der Waals surface area contributed by atoms with E-state index in [1.165, 1.54) is 11.1 Å². The number of hydrogen-bond donors (Lipinski definition) is 2. The van der Waals surface area contributed by atoms with Crippen molar-refractivity contribution in [2.45, 2.75) is 51.7 Å². The zero-order valence-corrected chi connectivity index (χ0v) is 15.8. The van der Waals surface area contributed by atoms with E-state index in [0.717, 1.165) is 12.2 Å². The predicted octanol–water partition coefficient (Wildman–Crippen LogP) is 4.16. The van der Waals surface area contributed by atoms with E-state index >= 15 is 0 Å². The number of nitrogens with one attached hydrogen (secondary N) is 1. The van der Waals surface area contributed by atoms with Gasteiger partial charge in [-0.25, -0.2) is 0 Å². The molecule has 0 heterocycles. The topological polar surface area (TPSA) is 41.5 Å². The van der Waals surface area contributed by atoms with E-state index in [-0.39, 0.29) is 12.1 Å². The first kappa shape index (κ1) is 19.5. The molecule has 2 rings (SSSR count). The maximum Gasteiger partial charge on any atom is 0.119 e. The van der Waals surface area contributed by atoms with Crippen molar-refractivity contribution in [2.24, 2.45) is 0 Å². The first-order chi connectivity index (χ1) is 11.9.